The van der Waals surface area contributed by atoms with Crippen molar-refractivity contribution in [3.63, 3.8) is 0 Å². The van der Waals surface area contributed by atoms with Crippen LogP contribution in [-0.2, 0) is 4.79 Å². The highest BCUT2D eigenvalue weighted by atomic mass is 16.4. The maximum atomic E-state index is 12.1. The quantitative estimate of drug-likeness (QED) is 0.782. The molecule has 1 aromatic heterocycles. The van der Waals surface area contributed by atoms with Gasteiger partial charge in [-0.2, -0.15) is 0 Å². The third-order valence-electron chi connectivity index (χ3n) is 3.00. The first-order valence-electron chi connectivity index (χ1n) is 6.61. The van der Waals surface area contributed by atoms with Crippen LogP contribution < -0.4 is 5.32 Å². The van der Waals surface area contributed by atoms with Crippen molar-refractivity contribution in [1.82, 2.24) is 10.3 Å². The van der Waals surface area contributed by atoms with Crippen molar-refractivity contribution in [3.05, 3.63) is 35.7 Å². The topological polar surface area (TPSA) is 79.3 Å². The molecule has 0 saturated carbocycles. The Bertz CT molecular complexity index is 510. The van der Waals surface area contributed by atoms with Gasteiger partial charge in [0, 0.05) is 24.5 Å². The molecule has 1 unspecified atom stereocenters. The van der Waals surface area contributed by atoms with Crippen molar-refractivity contribution in [2.75, 3.05) is 0 Å². The second kappa shape index (κ2) is 7.43. The molecule has 20 heavy (non-hydrogen) atoms. The number of aliphatic carboxylic acids is 1. The summed E-state index contributed by atoms with van der Waals surface area (Å²) in [5, 5.41) is 11.5. The third kappa shape index (κ3) is 4.84. The minimum atomic E-state index is -1.04. The van der Waals surface area contributed by atoms with Gasteiger partial charge in [0.2, 0.25) is 0 Å². The van der Waals surface area contributed by atoms with Crippen LogP contribution in [0.25, 0.3) is 6.08 Å². The molecule has 0 bridgehead atoms. The van der Waals surface area contributed by atoms with E-state index in [-0.39, 0.29) is 11.9 Å². The Morgan fingerprint density at radius 1 is 1.40 bits per heavy atom. The van der Waals surface area contributed by atoms with Crippen LogP contribution in [-0.4, -0.2) is 28.0 Å². The van der Waals surface area contributed by atoms with Crippen LogP contribution in [0.15, 0.2) is 24.5 Å². The Morgan fingerprint density at radius 3 is 2.65 bits per heavy atom. The summed E-state index contributed by atoms with van der Waals surface area (Å²) in [5.41, 5.74) is 1.01. The summed E-state index contributed by atoms with van der Waals surface area (Å²) in [6, 6.07) is 1.73. The smallest absolute Gasteiger partial charge is 0.328 e. The van der Waals surface area contributed by atoms with Crippen LogP contribution >= 0.6 is 0 Å². The van der Waals surface area contributed by atoms with Crippen LogP contribution in [0.2, 0.25) is 0 Å². The lowest BCUT2D eigenvalue weighted by atomic mass is 10.0. The van der Waals surface area contributed by atoms with Crippen molar-refractivity contribution >= 4 is 18.0 Å². The van der Waals surface area contributed by atoms with Crippen LogP contribution in [0.4, 0.5) is 0 Å². The van der Waals surface area contributed by atoms with Gasteiger partial charge in [0.1, 0.15) is 0 Å². The summed E-state index contributed by atoms with van der Waals surface area (Å²) in [5.74, 6) is -0.874. The Balaban J connectivity index is 2.83. The molecule has 1 heterocycles. The highest BCUT2D eigenvalue weighted by molar-refractivity contribution is 5.95. The zero-order valence-corrected chi connectivity index (χ0v) is 12.0. The van der Waals surface area contributed by atoms with Crippen LogP contribution in [0.1, 0.15) is 43.1 Å². The predicted octanol–water partition coefficient (Wildman–Crippen LogP) is 2.34. The molecule has 0 aliphatic rings. The van der Waals surface area contributed by atoms with Gasteiger partial charge in [0.05, 0.1) is 5.56 Å². The van der Waals surface area contributed by atoms with E-state index < -0.39 is 5.97 Å². The maximum Gasteiger partial charge on any atom is 0.328 e. The van der Waals surface area contributed by atoms with Crippen molar-refractivity contribution in [1.29, 1.82) is 0 Å². The van der Waals surface area contributed by atoms with Crippen molar-refractivity contribution in [2.45, 2.75) is 33.2 Å². The Kier molecular flexibility index (Phi) is 5.90. The standard InChI is InChI=1S/C15H20N2O3/c1-4-13(10(2)3)17-15(20)12-7-11(8-16-9-12)5-6-14(18)19/h5-10,13H,4H2,1-3H3,(H,17,20)(H,18,19). The SMILES string of the molecule is CCC(NC(=O)c1cncc(C=CC(=O)O)c1)C(C)C. The summed E-state index contributed by atoms with van der Waals surface area (Å²) in [4.78, 5) is 26.5. The molecule has 0 fully saturated rings. The number of carboxylic acid groups (broad SMARTS) is 1. The molecular formula is C15H20N2O3. The lowest BCUT2D eigenvalue weighted by Crippen LogP contribution is -2.38. The lowest BCUT2D eigenvalue weighted by molar-refractivity contribution is -0.131. The zero-order chi connectivity index (χ0) is 15.1. The van der Waals surface area contributed by atoms with E-state index in [4.69, 9.17) is 5.11 Å². The van der Waals surface area contributed by atoms with E-state index in [0.717, 1.165) is 12.5 Å². The molecular weight excluding hydrogens is 256 g/mol. The van der Waals surface area contributed by atoms with E-state index in [1.807, 2.05) is 6.92 Å². The normalized spacial score (nSPS) is 12.6. The van der Waals surface area contributed by atoms with Crippen molar-refractivity contribution in [3.8, 4) is 0 Å². The van der Waals surface area contributed by atoms with E-state index in [1.54, 1.807) is 6.07 Å². The van der Waals surface area contributed by atoms with E-state index >= 15 is 0 Å². The van der Waals surface area contributed by atoms with E-state index in [9.17, 15) is 9.59 Å². The van der Waals surface area contributed by atoms with Crippen LogP contribution in [0, 0.1) is 5.92 Å². The fourth-order valence-corrected chi connectivity index (χ4v) is 1.83. The summed E-state index contributed by atoms with van der Waals surface area (Å²) < 4.78 is 0. The molecule has 0 aliphatic heterocycles. The summed E-state index contributed by atoms with van der Waals surface area (Å²) in [6.45, 7) is 6.13. The first kappa shape index (κ1) is 15.9. The largest absolute Gasteiger partial charge is 0.478 e. The number of hydrogen-bond donors (Lipinski definition) is 2. The number of carbonyl (C=O) groups excluding carboxylic acids is 1. The molecule has 0 radical (unpaired) electrons. The van der Waals surface area contributed by atoms with Gasteiger partial charge >= 0.3 is 5.97 Å². The van der Waals surface area contributed by atoms with E-state index in [0.29, 0.717) is 17.0 Å². The number of hydrogen-bond acceptors (Lipinski definition) is 3. The number of amides is 1. The van der Waals surface area contributed by atoms with Gasteiger partial charge in [-0.15, -0.1) is 0 Å². The molecule has 0 saturated heterocycles. The minimum Gasteiger partial charge on any atom is -0.478 e. The fourth-order valence-electron chi connectivity index (χ4n) is 1.83. The Hall–Kier alpha value is -2.17. The second-order valence-electron chi connectivity index (χ2n) is 4.91. The molecule has 0 aromatic carbocycles. The summed E-state index contributed by atoms with van der Waals surface area (Å²) in [7, 11) is 0. The number of nitrogens with zero attached hydrogens (tertiary/aromatic N) is 1. The molecule has 0 spiro atoms. The molecule has 1 rings (SSSR count). The van der Waals surface area contributed by atoms with E-state index in [2.05, 4.69) is 24.1 Å². The summed E-state index contributed by atoms with van der Waals surface area (Å²) in [6.07, 6.45) is 6.26. The number of nitrogens with one attached hydrogen (secondary N) is 1. The van der Waals surface area contributed by atoms with E-state index in [1.165, 1.54) is 18.5 Å². The highest BCUT2D eigenvalue weighted by Crippen LogP contribution is 2.09. The third-order valence-corrected chi connectivity index (χ3v) is 3.00. The molecule has 1 atom stereocenters. The van der Waals surface area contributed by atoms with Gasteiger partial charge < -0.3 is 10.4 Å². The molecule has 0 aliphatic carbocycles. The number of carboxylic acids is 1. The Labute approximate surface area is 118 Å². The molecule has 1 amide bonds. The monoisotopic (exact) mass is 276 g/mol. The first-order chi connectivity index (χ1) is 9.43. The maximum absolute atomic E-state index is 12.1. The van der Waals surface area contributed by atoms with Crippen molar-refractivity contribution < 1.29 is 14.7 Å². The first-order valence-corrected chi connectivity index (χ1v) is 6.61. The average molecular weight is 276 g/mol. The number of rotatable bonds is 6. The zero-order valence-electron chi connectivity index (χ0n) is 12.0. The van der Waals surface area contributed by atoms with Crippen molar-refractivity contribution in [2.24, 2.45) is 5.92 Å². The van der Waals surface area contributed by atoms with Gasteiger partial charge in [-0.05, 0) is 30.0 Å². The number of carbonyl (C=O) groups is 2. The highest BCUT2D eigenvalue weighted by Gasteiger charge is 2.15. The number of aromatic nitrogens is 1. The fraction of sp³-hybridized carbons (Fsp3) is 0.400. The molecule has 5 heteroatoms. The van der Waals surface area contributed by atoms with Crippen LogP contribution in [0.5, 0.6) is 0 Å². The lowest BCUT2D eigenvalue weighted by Gasteiger charge is -2.20. The summed E-state index contributed by atoms with van der Waals surface area (Å²) >= 11 is 0. The predicted molar refractivity (Wildman–Crippen MR) is 77.3 cm³/mol. The molecule has 2 N–H and O–H groups in total. The molecule has 1 aromatic rings. The average Bonchev–Trinajstić information content (AvgIpc) is 2.42. The van der Waals surface area contributed by atoms with Gasteiger partial charge in [-0.1, -0.05) is 20.8 Å². The van der Waals surface area contributed by atoms with Gasteiger partial charge in [-0.3, -0.25) is 9.78 Å². The Morgan fingerprint density at radius 2 is 2.10 bits per heavy atom. The van der Waals surface area contributed by atoms with Crippen LogP contribution in [0.3, 0.4) is 0 Å². The molecule has 5 nitrogen and oxygen atoms in total. The minimum absolute atomic E-state index is 0.112. The van der Waals surface area contributed by atoms with Gasteiger partial charge in [-0.25, -0.2) is 4.79 Å². The van der Waals surface area contributed by atoms with Gasteiger partial charge in [0.25, 0.3) is 5.91 Å². The number of pyridine rings is 1. The van der Waals surface area contributed by atoms with Gasteiger partial charge in [0.15, 0.2) is 0 Å². The molecule has 108 valence electrons. The second-order valence-corrected chi connectivity index (χ2v) is 4.91.